The SMILES string of the molecule is O=C(CN(CCO)Cc1cc(Br)ccc1F)Nc1ccc(Cl)cc1[N+](=O)[O-]. The van der Waals surface area contributed by atoms with Gasteiger partial charge in [-0.3, -0.25) is 19.8 Å². The fourth-order valence-electron chi connectivity index (χ4n) is 2.42. The van der Waals surface area contributed by atoms with Crippen molar-refractivity contribution < 1.29 is 19.2 Å². The topological polar surface area (TPSA) is 95.7 Å². The molecular formula is C17H16BrClFN3O4. The van der Waals surface area contributed by atoms with Crippen LogP contribution in [0.15, 0.2) is 40.9 Å². The first-order valence-electron chi connectivity index (χ1n) is 7.81. The zero-order chi connectivity index (χ0) is 20.0. The molecule has 10 heteroatoms. The van der Waals surface area contributed by atoms with Crippen molar-refractivity contribution >= 4 is 44.8 Å². The number of nitro groups is 1. The van der Waals surface area contributed by atoms with Crippen molar-refractivity contribution in [2.24, 2.45) is 0 Å². The molecule has 2 aromatic carbocycles. The van der Waals surface area contributed by atoms with Gasteiger partial charge in [-0.15, -0.1) is 0 Å². The molecule has 144 valence electrons. The minimum Gasteiger partial charge on any atom is -0.395 e. The van der Waals surface area contributed by atoms with E-state index in [1.165, 1.54) is 23.1 Å². The lowest BCUT2D eigenvalue weighted by molar-refractivity contribution is -0.383. The molecule has 0 radical (unpaired) electrons. The smallest absolute Gasteiger partial charge is 0.294 e. The Hall–Kier alpha value is -2.07. The third kappa shape index (κ3) is 6.24. The van der Waals surface area contributed by atoms with E-state index in [0.717, 1.165) is 6.07 Å². The summed E-state index contributed by atoms with van der Waals surface area (Å²) in [5, 5.41) is 22.9. The lowest BCUT2D eigenvalue weighted by Gasteiger charge is -2.21. The molecule has 0 bridgehead atoms. The third-order valence-corrected chi connectivity index (χ3v) is 4.34. The van der Waals surface area contributed by atoms with E-state index >= 15 is 0 Å². The van der Waals surface area contributed by atoms with Gasteiger partial charge in [0.2, 0.25) is 5.91 Å². The van der Waals surface area contributed by atoms with Gasteiger partial charge in [0, 0.05) is 34.2 Å². The number of anilines is 1. The number of aliphatic hydroxyl groups excluding tert-OH is 1. The zero-order valence-corrected chi connectivity index (χ0v) is 16.3. The average Bonchev–Trinajstić information content (AvgIpc) is 2.59. The number of nitro benzene ring substituents is 1. The molecule has 0 aliphatic rings. The quantitative estimate of drug-likeness (QED) is 0.464. The summed E-state index contributed by atoms with van der Waals surface area (Å²) in [5.74, 6) is -0.973. The molecule has 0 spiro atoms. The second kappa shape index (κ2) is 9.75. The molecule has 2 N–H and O–H groups in total. The number of nitrogens with one attached hydrogen (secondary N) is 1. The van der Waals surface area contributed by atoms with Gasteiger partial charge >= 0.3 is 0 Å². The van der Waals surface area contributed by atoms with Crippen molar-refractivity contribution in [2.75, 3.05) is 25.0 Å². The van der Waals surface area contributed by atoms with E-state index in [1.807, 2.05) is 0 Å². The normalized spacial score (nSPS) is 10.9. The molecule has 0 heterocycles. The van der Waals surface area contributed by atoms with E-state index in [1.54, 1.807) is 12.1 Å². The lowest BCUT2D eigenvalue weighted by atomic mass is 10.2. The fourth-order valence-corrected chi connectivity index (χ4v) is 2.99. The van der Waals surface area contributed by atoms with E-state index in [4.69, 9.17) is 11.6 Å². The summed E-state index contributed by atoms with van der Waals surface area (Å²) in [6.07, 6.45) is 0. The highest BCUT2D eigenvalue weighted by molar-refractivity contribution is 9.10. The Bertz CT molecular complexity index is 853. The highest BCUT2D eigenvalue weighted by Gasteiger charge is 2.19. The van der Waals surface area contributed by atoms with Gasteiger partial charge in [0.25, 0.3) is 5.69 Å². The molecule has 0 atom stereocenters. The second-order valence-corrected chi connectivity index (χ2v) is 6.99. The number of rotatable bonds is 8. The van der Waals surface area contributed by atoms with E-state index in [-0.39, 0.29) is 42.6 Å². The largest absolute Gasteiger partial charge is 0.395 e. The summed E-state index contributed by atoms with van der Waals surface area (Å²) in [6, 6.07) is 8.34. The Morgan fingerprint density at radius 3 is 2.74 bits per heavy atom. The van der Waals surface area contributed by atoms with Crippen LogP contribution in [-0.2, 0) is 11.3 Å². The molecule has 0 unspecified atom stereocenters. The summed E-state index contributed by atoms with van der Waals surface area (Å²) < 4.78 is 14.6. The van der Waals surface area contributed by atoms with Crippen LogP contribution >= 0.6 is 27.5 Å². The molecule has 0 saturated carbocycles. The fraction of sp³-hybridized carbons (Fsp3) is 0.235. The van der Waals surface area contributed by atoms with Crippen LogP contribution in [0.4, 0.5) is 15.8 Å². The molecule has 2 rings (SSSR count). The Morgan fingerprint density at radius 1 is 1.33 bits per heavy atom. The van der Waals surface area contributed by atoms with E-state index in [2.05, 4.69) is 21.2 Å². The van der Waals surface area contributed by atoms with Gasteiger partial charge in [-0.05, 0) is 30.3 Å². The van der Waals surface area contributed by atoms with Crippen LogP contribution in [-0.4, -0.2) is 40.5 Å². The molecular weight excluding hydrogens is 445 g/mol. The number of nitrogens with zero attached hydrogens (tertiary/aromatic N) is 2. The molecule has 0 aliphatic heterocycles. The molecule has 7 nitrogen and oxygen atoms in total. The van der Waals surface area contributed by atoms with Crippen molar-refractivity contribution in [3.05, 3.63) is 67.4 Å². The number of benzene rings is 2. The summed E-state index contributed by atoms with van der Waals surface area (Å²) in [4.78, 5) is 24.3. The Morgan fingerprint density at radius 2 is 2.07 bits per heavy atom. The molecule has 2 aromatic rings. The van der Waals surface area contributed by atoms with Gasteiger partial charge in [0.1, 0.15) is 11.5 Å². The predicted molar refractivity (Wildman–Crippen MR) is 103 cm³/mol. The Labute approximate surface area is 168 Å². The first kappa shape index (κ1) is 21.2. The molecule has 0 aliphatic carbocycles. The van der Waals surface area contributed by atoms with Crippen molar-refractivity contribution in [2.45, 2.75) is 6.54 Å². The zero-order valence-electron chi connectivity index (χ0n) is 14.0. The number of hydrogen-bond acceptors (Lipinski definition) is 5. The maximum Gasteiger partial charge on any atom is 0.294 e. The maximum atomic E-state index is 13.9. The minimum absolute atomic E-state index is 0.00647. The van der Waals surface area contributed by atoms with E-state index < -0.39 is 16.6 Å². The van der Waals surface area contributed by atoms with Crippen LogP contribution in [0.3, 0.4) is 0 Å². The van der Waals surface area contributed by atoms with Crippen LogP contribution in [0.2, 0.25) is 5.02 Å². The van der Waals surface area contributed by atoms with Gasteiger partial charge < -0.3 is 10.4 Å². The summed E-state index contributed by atoms with van der Waals surface area (Å²) in [6.45, 7) is -0.208. The van der Waals surface area contributed by atoms with Crippen LogP contribution in [0.25, 0.3) is 0 Å². The molecule has 0 fully saturated rings. The first-order valence-corrected chi connectivity index (χ1v) is 8.98. The van der Waals surface area contributed by atoms with Crippen LogP contribution in [0.1, 0.15) is 5.56 Å². The van der Waals surface area contributed by atoms with Crippen LogP contribution in [0.5, 0.6) is 0 Å². The summed E-state index contributed by atoms with van der Waals surface area (Å²) >= 11 is 9.01. The molecule has 0 aromatic heterocycles. The number of amides is 1. The average molecular weight is 461 g/mol. The molecule has 0 saturated heterocycles. The van der Waals surface area contributed by atoms with E-state index in [9.17, 15) is 24.4 Å². The van der Waals surface area contributed by atoms with E-state index in [0.29, 0.717) is 10.0 Å². The van der Waals surface area contributed by atoms with Crippen molar-refractivity contribution in [1.29, 1.82) is 0 Å². The van der Waals surface area contributed by atoms with Gasteiger partial charge in [0.05, 0.1) is 18.1 Å². The van der Waals surface area contributed by atoms with Gasteiger partial charge in [-0.1, -0.05) is 27.5 Å². The summed E-state index contributed by atoms with van der Waals surface area (Å²) in [5.41, 5.74) is 0.0256. The maximum absolute atomic E-state index is 13.9. The molecule has 27 heavy (non-hydrogen) atoms. The second-order valence-electron chi connectivity index (χ2n) is 5.64. The van der Waals surface area contributed by atoms with Crippen molar-refractivity contribution in [3.63, 3.8) is 0 Å². The number of carbonyl (C=O) groups is 1. The number of hydrogen-bond donors (Lipinski definition) is 2. The van der Waals surface area contributed by atoms with Crippen molar-refractivity contribution in [3.8, 4) is 0 Å². The monoisotopic (exact) mass is 459 g/mol. The Kier molecular flexibility index (Phi) is 7.66. The van der Waals surface area contributed by atoms with Gasteiger partial charge in [-0.25, -0.2) is 4.39 Å². The number of halogens is 3. The van der Waals surface area contributed by atoms with Gasteiger partial charge in [0.15, 0.2) is 0 Å². The summed E-state index contributed by atoms with van der Waals surface area (Å²) in [7, 11) is 0. The number of carbonyl (C=O) groups excluding carboxylic acids is 1. The minimum atomic E-state index is -0.649. The van der Waals surface area contributed by atoms with Crippen LogP contribution < -0.4 is 5.32 Å². The highest BCUT2D eigenvalue weighted by atomic mass is 79.9. The predicted octanol–water partition coefficient (Wildman–Crippen LogP) is 3.58. The number of aliphatic hydroxyl groups is 1. The first-order chi connectivity index (χ1) is 12.8. The lowest BCUT2D eigenvalue weighted by Crippen LogP contribution is -2.35. The van der Waals surface area contributed by atoms with Crippen LogP contribution in [0, 0.1) is 15.9 Å². The molecule has 1 amide bonds. The Balaban J connectivity index is 2.11. The van der Waals surface area contributed by atoms with Crippen molar-refractivity contribution in [1.82, 2.24) is 4.90 Å². The third-order valence-electron chi connectivity index (χ3n) is 3.62. The standard InChI is InChI=1S/C17H16BrClFN3O4/c18-12-1-3-14(20)11(7-12)9-22(5-6-24)10-17(25)21-15-4-2-13(19)8-16(15)23(26)27/h1-4,7-8,24H,5-6,9-10H2,(H,21,25). The highest BCUT2D eigenvalue weighted by Crippen LogP contribution is 2.27. The van der Waals surface area contributed by atoms with Gasteiger partial charge in [-0.2, -0.15) is 0 Å².